The molecule has 0 atom stereocenters. The Kier molecular flexibility index (Phi) is 7.10. The van der Waals surface area contributed by atoms with Crippen molar-refractivity contribution < 1.29 is 9.69 Å². The zero-order valence-corrected chi connectivity index (χ0v) is 13.6. The molecule has 1 aliphatic rings. The fraction of sp³-hybridized carbons (Fsp3) is 0.556. The molecule has 1 aliphatic heterocycles. The van der Waals surface area contributed by atoms with Crippen molar-refractivity contribution in [3.8, 4) is 0 Å². The highest BCUT2D eigenvalue weighted by atomic mass is 16.2. The zero-order chi connectivity index (χ0) is 15.6. The molecule has 1 amide bonds. The lowest BCUT2D eigenvalue weighted by molar-refractivity contribution is -0.914. The third-order valence-corrected chi connectivity index (χ3v) is 4.18. The average molecular weight is 302 g/mol. The van der Waals surface area contributed by atoms with Crippen LogP contribution in [0.3, 0.4) is 0 Å². The number of hydrogen-bond acceptors (Lipinski definition) is 2. The fourth-order valence-electron chi connectivity index (χ4n) is 2.80. The first-order valence-corrected chi connectivity index (χ1v) is 8.49. The molecule has 22 heavy (non-hydrogen) atoms. The van der Waals surface area contributed by atoms with E-state index in [1.165, 1.54) is 5.56 Å². The molecule has 1 aromatic carbocycles. The molecule has 4 heteroatoms. The van der Waals surface area contributed by atoms with Crippen LogP contribution in [0.4, 0.5) is 0 Å². The molecular formula is C18H28N3O+. The van der Waals surface area contributed by atoms with E-state index in [2.05, 4.69) is 47.8 Å². The van der Waals surface area contributed by atoms with Crippen LogP contribution >= 0.6 is 0 Å². The highest BCUT2D eigenvalue weighted by molar-refractivity contribution is 5.86. The predicted octanol–water partition coefficient (Wildman–Crippen LogP) is 1.92. The van der Waals surface area contributed by atoms with E-state index in [-0.39, 0.29) is 5.91 Å². The molecule has 0 bridgehead atoms. The summed E-state index contributed by atoms with van der Waals surface area (Å²) in [7, 11) is 0. The monoisotopic (exact) mass is 302 g/mol. The number of rotatable bonds is 7. The Labute approximate surface area is 133 Å². The number of quaternary nitrogens is 1. The summed E-state index contributed by atoms with van der Waals surface area (Å²) in [6.45, 7) is 5.42. The molecule has 1 heterocycles. The van der Waals surface area contributed by atoms with Crippen molar-refractivity contribution in [3.63, 3.8) is 0 Å². The van der Waals surface area contributed by atoms with Crippen molar-refractivity contribution >= 4 is 11.6 Å². The maximum Gasteiger partial charge on any atom is 0.240 e. The van der Waals surface area contributed by atoms with Gasteiger partial charge in [-0.3, -0.25) is 4.79 Å². The van der Waals surface area contributed by atoms with Gasteiger partial charge in [0.1, 0.15) is 6.54 Å². The van der Waals surface area contributed by atoms with Gasteiger partial charge in [0.15, 0.2) is 0 Å². The molecule has 0 aliphatic carbocycles. The van der Waals surface area contributed by atoms with Gasteiger partial charge in [-0.1, -0.05) is 50.1 Å². The Morgan fingerprint density at radius 3 is 2.59 bits per heavy atom. The van der Waals surface area contributed by atoms with E-state index < -0.39 is 0 Å². The van der Waals surface area contributed by atoms with Gasteiger partial charge in [0.25, 0.3) is 0 Å². The lowest BCUT2D eigenvalue weighted by Gasteiger charge is -2.24. The normalized spacial score (nSPS) is 18.0. The summed E-state index contributed by atoms with van der Waals surface area (Å²) in [5, 5.41) is 4.31. The second-order valence-electron chi connectivity index (χ2n) is 6.08. The van der Waals surface area contributed by atoms with Gasteiger partial charge in [-0.2, -0.15) is 5.10 Å². The lowest BCUT2D eigenvalue weighted by atomic mass is 10.1. The summed E-state index contributed by atoms with van der Waals surface area (Å²) in [5.74, 6) is 0.0556. The van der Waals surface area contributed by atoms with Crippen molar-refractivity contribution in [1.29, 1.82) is 0 Å². The molecule has 120 valence electrons. The summed E-state index contributed by atoms with van der Waals surface area (Å²) in [4.78, 5) is 13.2. The molecule has 2 N–H and O–H groups in total. The van der Waals surface area contributed by atoms with Gasteiger partial charge in [0, 0.05) is 30.5 Å². The maximum absolute atomic E-state index is 11.6. The van der Waals surface area contributed by atoms with Crippen LogP contribution in [0.25, 0.3) is 0 Å². The third-order valence-electron chi connectivity index (χ3n) is 4.18. The van der Waals surface area contributed by atoms with E-state index in [1.54, 1.807) is 4.90 Å². The van der Waals surface area contributed by atoms with Gasteiger partial charge in [-0.05, 0) is 6.42 Å². The van der Waals surface area contributed by atoms with E-state index in [0.29, 0.717) is 6.42 Å². The number of carbonyl (C=O) groups excluding carboxylic acids is 1. The number of amides is 1. The maximum atomic E-state index is 11.6. The summed E-state index contributed by atoms with van der Waals surface area (Å²) < 4.78 is 0. The third kappa shape index (κ3) is 5.98. The van der Waals surface area contributed by atoms with Crippen LogP contribution in [0.2, 0.25) is 0 Å². The molecule has 0 radical (unpaired) electrons. The number of nitrogens with one attached hydrogen (secondary N) is 2. The number of piperidine rings is 1. The number of hydrazone groups is 1. The van der Waals surface area contributed by atoms with Crippen molar-refractivity contribution in [2.45, 2.75) is 52.0 Å². The predicted molar refractivity (Wildman–Crippen MR) is 89.8 cm³/mol. The zero-order valence-electron chi connectivity index (χ0n) is 13.6. The summed E-state index contributed by atoms with van der Waals surface area (Å²) in [5.41, 5.74) is 5.25. The highest BCUT2D eigenvalue weighted by Crippen LogP contribution is 2.00. The van der Waals surface area contributed by atoms with Gasteiger partial charge in [0.05, 0.1) is 13.1 Å². The lowest BCUT2D eigenvalue weighted by Crippen LogP contribution is -3.11. The minimum absolute atomic E-state index is 0.0556. The molecule has 0 spiro atoms. The molecule has 4 nitrogen and oxygen atoms in total. The van der Waals surface area contributed by atoms with Gasteiger partial charge < -0.3 is 4.90 Å². The first-order valence-electron chi connectivity index (χ1n) is 8.49. The van der Waals surface area contributed by atoms with Crippen LogP contribution < -0.4 is 10.3 Å². The van der Waals surface area contributed by atoms with Crippen LogP contribution in [0.15, 0.2) is 35.4 Å². The minimum Gasteiger partial charge on any atom is -0.331 e. The number of nitrogens with zero attached hydrogens (tertiary/aromatic N) is 1. The Balaban J connectivity index is 1.68. The molecule has 0 saturated carbocycles. The Morgan fingerprint density at radius 2 is 1.91 bits per heavy atom. The number of carbonyl (C=O) groups is 1. The Bertz CT molecular complexity index is 474. The highest BCUT2D eigenvalue weighted by Gasteiger charge is 2.18. The quantitative estimate of drug-likeness (QED) is 0.586. The smallest absolute Gasteiger partial charge is 0.240 e. The van der Waals surface area contributed by atoms with Gasteiger partial charge >= 0.3 is 0 Å². The molecule has 2 rings (SSSR count). The van der Waals surface area contributed by atoms with Crippen LogP contribution in [0.1, 0.15) is 51.0 Å². The first-order chi connectivity index (χ1) is 10.8. The Morgan fingerprint density at radius 1 is 1.18 bits per heavy atom. The standard InChI is InChI=1S/C18H27N3O/c1-2-3-5-10-18(22)20-19-17-11-13-21(14-12-17)15-16-8-6-4-7-9-16/h4,6-9H,2-3,5,10-15H2,1H3,(H,20,22)/p+1. The minimum atomic E-state index is 0.0556. The van der Waals surface area contributed by atoms with Gasteiger partial charge in [-0.15, -0.1) is 0 Å². The van der Waals surface area contributed by atoms with Crippen LogP contribution in [0.5, 0.6) is 0 Å². The van der Waals surface area contributed by atoms with E-state index in [1.807, 2.05) is 0 Å². The van der Waals surface area contributed by atoms with E-state index in [9.17, 15) is 4.79 Å². The molecule has 1 fully saturated rings. The molecular weight excluding hydrogens is 274 g/mol. The number of unbranched alkanes of at least 4 members (excludes halogenated alkanes) is 2. The van der Waals surface area contributed by atoms with Crippen LogP contribution in [0, 0.1) is 0 Å². The van der Waals surface area contributed by atoms with Gasteiger partial charge in [-0.25, -0.2) is 5.43 Å². The molecule has 1 saturated heterocycles. The van der Waals surface area contributed by atoms with Crippen molar-refractivity contribution in [1.82, 2.24) is 5.43 Å². The molecule has 1 aromatic rings. The summed E-state index contributed by atoms with van der Waals surface area (Å²) >= 11 is 0. The number of likely N-dealkylation sites (tertiary alicyclic amines) is 1. The van der Waals surface area contributed by atoms with Crippen molar-refractivity contribution in [2.24, 2.45) is 5.10 Å². The van der Waals surface area contributed by atoms with Crippen LogP contribution in [-0.4, -0.2) is 24.7 Å². The largest absolute Gasteiger partial charge is 0.331 e. The Hall–Kier alpha value is -1.68. The second kappa shape index (κ2) is 9.36. The number of benzene rings is 1. The molecule has 0 aromatic heterocycles. The van der Waals surface area contributed by atoms with E-state index in [0.717, 1.165) is 57.5 Å². The summed E-state index contributed by atoms with van der Waals surface area (Å²) in [6, 6.07) is 10.6. The second-order valence-corrected chi connectivity index (χ2v) is 6.08. The molecule has 0 unspecified atom stereocenters. The summed E-state index contributed by atoms with van der Waals surface area (Å²) in [6.07, 6.45) is 5.77. The van der Waals surface area contributed by atoms with Crippen LogP contribution in [-0.2, 0) is 11.3 Å². The first kappa shape index (κ1) is 16.7. The SMILES string of the molecule is CCCCCC(=O)NN=C1CC[NH+](Cc2ccccc2)CC1. The van der Waals surface area contributed by atoms with E-state index >= 15 is 0 Å². The number of hydrogen-bond donors (Lipinski definition) is 2. The average Bonchev–Trinajstić information content (AvgIpc) is 2.55. The van der Waals surface area contributed by atoms with E-state index in [4.69, 9.17) is 0 Å². The van der Waals surface area contributed by atoms with Gasteiger partial charge in [0.2, 0.25) is 5.91 Å². The fourth-order valence-corrected chi connectivity index (χ4v) is 2.80. The van der Waals surface area contributed by atoms with Crippen molar-refractivity contribution in [2.75, 3.05) is 13.1 Å². The topological polar surface area (TPSA) is 45.9 Å². The van der Waals surface area contributed by atoms with Crippen molar-refractivity contribution in [3.05, 3.63) is 35.9 Å².